The molecule has 0 saturated heterocycles. The number of hydrogen-bond donors (Lipinski definition) is 2. The molecule has 0 atom stereocenters. The van der Waals surface area contributed by atoms with Gasteiger partial charge in [-0.2, -0.15) is 4.98 Å². The standard InChI is InChI=1S/C20H26N6O3/c1-13-4-5-14(12-17(13)26(28)29)19(27)22-15-6-8-16(9-7-15)23-20-21-11-10-18(24-20)25(2)3/h4-5,10-12,15-16H,6-9H2,1-3H3,(H,22,27)(H,21,23,24). The van der Waals surface area contributed by atoms with E-state index in [0.717, 1.165) is 31.5 Å². The third kappa shape index (κ3) is 5.18. The van der Waals surface area contributed by atoms with Gasteiger partial charge in [-0.3, -0.25) is 14.9 Å². The van der Waals surface area contributed by atoms with Crippen LogP contribution in [0.3, 0.4) is 0 Å². The summed E-state index contributed by atoms with van der Waals surface area (Å²) in [5.41, 5.74) is 0.820. The Morgan fingerprint density at radius 2 is 1.86 bits per heavy atom. The van der Waals surface area contributed by atoms with Gasteiger partial charge in [0.25, 0.3) is 11.6 Å². The number of nitrogens with one attached hydrogen (secondary N) is 2. The molecule has 29 heavy (non-hydrogen) atoms. The van der Waals surface area contributed by atoms with E-state index in [1.165, 1.54) is 6.07 Å². The first kappa shape index (κ1) is 20.5. The smallest absolute Gasteiger partial charge is 0.273 e. The zero-order valence-electron chi connectivity index (χ0n) is 16.9. The minimum absolute atomic E-state index is 0.0366. The average molecular weight is 398 g/mol. The van der Waals surface area contributed by atoms with Crippen molar-refractivity contribution in [2.24, 2.45) is 0 Å². The summed E-state index contributed by atoms with van der Waals surface area (Å²) in [6.07, 6.45) is 5.15. The Balaban J connectivity index is 1.53. The molecule has 2 aromatic rings. The maximum Gasteiger partial charge on any atom is 0.273 e. The van der Waals surface area contributed by atoms with E-state index in [1.54, 1.807) is 25.3 Å². The number of aromatic nitrogens is 2. The number of aryl methyl sites for hydroxylation is 1. The second-order valence-corrected chi connectivity index (χ2v) is 7.56. The minimum Gasteiger partial charge on any atom is -0.363 e. The number of carbonyl (C=O) groups is 1. The third-order valence-electron chi connectivity index (χ3n) is 5.16. The molecule has 1 aliphatic rings. The third-order valence-corrected chi connectivity index (χ3v) is 5.16. The maximum absolute atomic E-state index is 12.5. The predicted molar refractivity (Wildman–Crippen MR) is 111 cm³/mol. The summed E-state index contributed by atoms with van der Waals surface area (Å²) in [7, 11) is 3.87. The van der Waals surface area contributed by atoms with Crippen molar-refractivity contribution >= 4 is 23.4 Å². The van der Waals surface area contributed by atoms with Gasteiger partial charge in [0, 0.05) is 49.6 Å². The Bertz CT molecular complexity index is 894. The van der Waals surface area contributed by atoms with Gasteiger partial charge in [-0.1, -0.05) is 6.07 Å². The van der Waals surface area contributed by atoms with Crippen LogP contribution in [0.1, 0.15) is 41.6 Å². The number of hydrogen-bond acceptors (Lipinski definition) is 7. The summed E-state index contributed by atoms with van der Waals surface area (Å²) in [5, 5.41) is 17.5. The zero-order valence-corrected chi connectivity index (χ0v) is 16.9. The lowest BCUT2D eigenvalue weighted by molar-refractivity contribution is -0.385. The molecule has 3 rings (SSSR count). The summed E-state index contributed by atoms with van der Waals surface area (Å²) in [4.78, 5) is 33.8. The largest absolute Gasteiger partial charge is 0.363 e. The maximum atomic E-state index is 12.5. The number of anilines is 2. The van der Waals surface area contributed by atoms with E-state index in [1.807, 2.05) is 25.1 Å². The highest BCUT2D eigenvalue weighted by Crippen LogP contribution is 2.23. The van der Waals surface area contributed by atoms with Crippen LogP contribution >= 0.6 is 0 Å². The Morgan fingerprint density at radius 3 is 2.52 bits per heavy atom. The van der Waals surface area contributed by atoms with Gasteiger partial charge in [-0.05, 0) is 44.7 Å². The number of rotatable bonds is 6. The number of nitro benzene ring substituents is 1. The Kier molecular flexibility index (Phi) is 6.26. The number of benzene rings is 1. The van der Waals surface area contributed by atoms with Gasteiger partial charge >= 0.3 is 0 Å². The van der Waals surface area contributed by atoms with E-state index in [-0.39, 0.29) is 23.7 Å². The predicted octanol–water partition coefficient (Wildman–Crippen LogP) is 2.91. The van der Waals surface area contributed by atoms with Crippen molar-refractivity contribution in [3.05, 3.63) is 51.7 Å². The van der Waals surface area contributed by atoms with Crippen molar-refractivity contribution in [3.63, 3.8) is 0 Å². The van der Waals surface area contributed by atoms with Crippen molar-refractivity contribution in [3.8, 4) is 0 Å². The number of amides is 1. The van der Waals surface area contributed by atoms with Crippen LogP contribution in [0.4, 0.5) is 17.5 Å². The van der Waals surface area contributed by atoms with Gasteiger partial charge in [-0.25, -0.2) is 4.98 Å². The SMILES string of the molecule is Cc1ccc(C(=O)NC2CCC(Nc3nccc(N(C)C)n3)CC2)cc1[N+](=O)[O-]. The lowest BCUT2D eigenvalue weighted by Gasteiger charge is -2.29. The van der Waals surface area contributed by atoms with Crippen molar-refractivity contribution < 1.29 is 9.72 Å². The van der Waals surface area contributed by atoms with Crippen molar-refractivity contribution in [2.75, 3.05) is 24.3 Å². The molecule has 0 bridgehead atoms. The van der Waals surface area contributed by atoms with Crippen molar-refractivity contribution in [1.82, 2.24) is 15.3 Å². The molecule has 1 saturated carbocycles. The van der Waals surface area contributed by atoms with Gasteiger partial charge in [0.05, 0.1) is 4.92 Å². The molecule has 0 aliphatic heterocycles. The number of nitro groups is 1. The fraction of sp³-hybridized carbons (Fsp3) is 0.450. The second kappa shape index (κ2) is 8.85. The topological polar surface area (TPSA) is 113 Å². The molecular weight excluding hydrogens is 372 g/mol. The van der Waals surface area contributed by atoms with Gasteiger partial charge in [-0.15, -0.1) is 0 Å². The van der Waals surface area contributed by atoms with Gasteiger partial charge < -0.3 is 15.5 Å². The number of carbonyl (C=O) groups excluding carboxylic acids is 1. The van der Waals surface area contributed by atoms with Crippen LogP contribution in [0.5, 0.6) is 0 Å². The highest BCUT2D eigenvalue weighted by Gasteiger charge is 2.24. The monoisotopic (exact) mass is 398 g/mol. The first-order chi connectivity index (χ1) is 13.8. The van der Waals surface area contributed by atoms with E-state index in [2.05, 4.69) is 20.6 Å². The van der Waals surface area contributed by atoms with Crippen LogP contribution in [-0.2, 0) is 0 Å². The molecule has 154 valence electrons. The Morgan fingerprint density at radius 1 is 1.17 bits per heavy atom. The Hall–Kier alpha value is -3.23. The molecule has 0 unspecified atom stereocenters. The number of nitrogens with zero attached hydrogens (tertiary/aromatic N) is 4. The van der Waals surface area contributed by atoms with Crippen LogP contribution in [0.25, 0.3) is 0 Å². The highest BCUT2D eigenvalue weighted by atomic mass is 16.6. The van der Waals surface area contributed by atoms with E-state index < -0.39 is 4.92 Å². The van der Waals surface area contributed by atoms with E-state index in [9.17, 15) is 14.9 Å². The molecule has 1 aromatic heterocycles. The summed E-state index contributed by atoms with van der Waals surface area (Å²) in [5.74, 6) is 1.18. The van der Waals surface area contributed by atoms with Crippen LogP contribution in [0, 0.1) is 17.0 Å². The van der Waals surface area contributed by atoms with Crippen molar-refractivity contribution in [1.29, 1.82) is 0 Å². The average Bonchev–Trinajstić information content (AvgIpc) is 2.69. The first-order valence-corrected chi connectivity index (χ1v) is 9.66. The van der Waals surface area contributed by atoms with E-state index >= 15 is 0 Å². The highest BCUT2D eigenvalue weighted by molar-refractivity contribution is 5.95. The minimum atomic E-state index is -0.462. The second-order valence-electron chi connectivity index (χ2n) is 7.56. The summed E-state index contributed by atoms with van der Waals surface area (Å²) in [6, 6.07) is 6.73. The molecule has 9 heteroatoms. The van der Waals surface area contributed by atoms with Gasteiger partial charge in [0.2, 0.25) is 5.95 Å². The van der Waals surface area contributed by atoms with Crippen LogP contribution in [-0.4, -0.2) is 47.0 Å². The molecule has 1 aliphatic carbocycles. The molecule has 1 amide bonds. The van der Waals surface area contributed by atoms with Crippen molar-refractivity contribution in [2.45, 2.75) is 44.7 Å². The lowest BCUT2D eigenvalue weighted by Crippen LogP contribution is -2.40. The molecule has 2 N–H and O–H groups in total. The zero-order chi connectivity index (χ0) is 21.0. The summed E-state index contributed by atoms with van der Waals surface area (Å²) >= 11 is 0. The van der Waals surface area contributed by atoms with Crippen LogP contribution < -0.4 is 15.5 Å². The Labute approximate surface area is 169 Å². The molecule has 0 radical (unpaired) electrons. The quantitative estimate of drug-likeness (QED) is 0.568. The van der Waals surface area contributed by atoms with Crippen LogP contribution in [0.2, 0.25) is 0 Å². The summed E-state index contributed by atoms with van der Waals surface area (Å²) < 4.78 is 0. The molecule has 1 fully saturated rings. The van der Waals surface area contributed by atoms with Crippen LogP contribution in [0.15, 0.2) is 30.5 Å². The van der Waals surface area contributed by atoms with Gasteiger partial charge in [0.15, 0.2) is 0 Å². The molecule has 1 aromatic carbocycles. The van der Waals surface area contributed by atoms with E-state index in [4.69, 9.17) is 0 Å². The fourth-order valence-electron chi connectivity index (χ4n) is 3.45. The lowest BCUT2D eigenvalue weighted by atomic mass is 9.91. The summed E-state index contributed by atoms with van der Waals surface area (Å²) in [6.45, 7) is 1.66. The molecule has 1 heterocycles. The molecular formula is C20H26N6O3. The molecule has 0 spiro atoms. The first-order valence-electron chi connectivity index (χ1n) is 9.66. The normalized spacial score (nSPS) is 18.7. The fourth-order valence-corrected chi connectivity index (χ4v) is 3.45. The van der Waals surface area contributed by atoms with Gasteiger partial charge in [0.1, 0.15) is 5.82 Å². The molecule has 9 nitrogen and oxygen atoms in total. The van der Waals surface area contributed by atoms with E-state index in [0.29, 0.717) is 17.1 Å².